The number of carbonyl (C=O) groups is 2. The Morgan fingerprint density at radius 2 is 1.52 bits per heavy atom. The van der Waals surface area contributed by atoms with E-state index in [9.17, 15) is 9.59 Å². The van der Waals surface area contributed by atoms with E-state index < -0.39 is 0 Å². The van der Waals surface area contributed by atoms with E-state index in [2.05, 4.69) is 5.32 Å². The monoisotopic (exact) mass is 440 g/mol. The lowest BCUT2D eigenvalue weighted by atomic mass is 10.1. The number of fused-ring (bicyclic) bond motifs is 1. The number of hydrogen-bond donors (Lipinski definition) is 1. The van der Waals surface area contributed by atoms with E-state index in [1.165, 1.54) is 0 Å². The minimum absolute atomic E-state index is 0.0222. The molecule has 0 fully saturated rings. The Bertz CT molecular complexity index is 1230. The highest BCUT2D eigenvalue weighted by Crippen LogP contribution is 2.21. The Balaban J connectivity index is 1.52. The molecule has 0 spiro atoms. The summed E-state index contributed by atoms with van der Waals surface area (Å²) in [4.78, 5) is 32.2. The van der Waals surface area contributed by atoms with Crippen LogP contribution in [-0.4, -0.2) is 33.3 Å². The van der Waals surface area contributed by atoms with Crippen LogP contribution < -0.4 is 5.32 Å². The van der Waals surface area contributed by atoms with Crippen LogP contribution >= 0.6 is 0 Å². The van der Waals surface area contributed by atoms with E-state index in [0.717, 1.165) is 22.2 Å². The van der Waals surface area contributed by atoms with Gasteiger partial charge in [-0.05, 0) is 30.2 Å². The minimum atomic E-state index is -0.346. The Kier molecular flexibility index (Phi) is 6.83. The molecule has 0 aliphatic heterocycles. The maximum atomic E-state index is 13.1. The molecular formula is C27H28N4O2. The number of likely N-dealkylation sites (N-methyl/N-ethyl adjacent to an activating group) is 1. The molecule has 1 heterocycles. The fourth-order valence-electron chi connectivity index (χ4n) is 3.93. The zero-order valence-corrected chi connectivity index (χ0v) is 18.9. The van der Waals surface area contributed by atoms with Gasteiger partial charge < -0.3 is 14.8 Å². The predicted octanol–water partition coefficient (Wildman–Crippen LogP) is 4.11. The van der Waals surface area contributed by atoms with Crippen molar-refractivity contribution in [1.29, 1.82) is 0 Å². The first-order valence-electron chi connectivity index (χ1n) is 11.1. The standard InChI is InChI=1S/C27H28N4O2/c1-20(28-25(32)17-21-11-5-3-6-12-21)27-29-23-15-9-10-16-24(23)31(27)19-26(33)30(2)18-22-13-7-4-8-14-22/h3-16,20H,17-19H2,1-2H3,(H,28,32). The van der Waals surface area contributed by atoms with Crippen LogP contribution in [0.4, 0.5) is 0 Å². The quantitative estimate of drug-likeness (QED) is 0.448. The number of hydrogen-bond acceptors (Lipinski definition) is 3. The van der Waals surface area contributed by atoms with Crippen LogP contribution in [0.15, 0.2) is 84.9 Å². The Labute approximate surface area is 193 Å². The molecule has 1 aromatic heterocycles. The third kappa shape index (κ3) is 5.47. The topological polar surface area (TPSA) is 67.2 Å². The van der Waals surface area contributed by atoms with Crippen molar-refractivity contribution in [2.75, 3.05) is 7.05 Å². The lowest BCUT2D eigenvalue weighted by Gasteiger charge is -2.20. The summed E-state index contributed by atoms with van der Waals surface area (Å²) in [7, 11) is 1.80. The van der Waals surface area contributed by atoms with Crippen LogP contribution in [0.2, 0.25) is 0 Å². The van der Waals surface area contributed by atoms with E-state index in [-0.39, 0.29) is 24.4 Å². The van der Waals surface area contributed by atoms with Gasteiger partial charge in [0.2, 0.25) is 11.8 Å². The summed E-state index contributed by atoms with van der Waals surface area (Å²) in [6.45, 7) is 2.59. The molecule has 3 aromatic carbocycles. The molecule has 0 bridgehead atoms. The SMILES string of the molecule is CC(NC(=O)Cc1ccccc1)c1nc2ccccc2n1CC(=O)N(C)Cc1ccccc1. The van der Waals surface area contributed by atoms with E-state index in [0.29, 0.717) is 18.8 Å². The van der Waals surface area contributed by atoms with Crippen LogP contribution in [0.25, 0.3) is 11.0 Å². The third-order valence-corrected chi connectivity index (χ3v) is 5.64. The van der Waals surface area contributed by atoms with E-state index >= 15 is 0 Å². The van der Waals surface area contributed by atoms with Crippen molar-refractivity contribution >= 4 is 22.8 Å². The molecule has 0 aliphatic carbocycles. The zero-order valence-electron chi connectivity index (χ0n) is 18.9. The normalized spacial score (nSPS) is 11.8. The molecular weight excluding hydrogens is 412 g/mol. The summed E-state index contributed by atoms with van der Waals surface area (Å²) < 4.78 is 1.91. The molecule has 33 heavy (non-hydrogen) atoms. The van der Waals surface area contributed by atoms with Crippen LogP contribution in [0, 0.1) is 0 Å². The van der Waals surface area contributed by atoms with Crippen molar-refractivity contribution in [2.45, 2.75) is 32.5 Å². The molecule has 6 nitrogen and oxygen atoms in total. The van der Waals surface area contributed by atoms with Crippen molar-refractivity contribution in [3.63, 3.8) is 0 Å². The Morgan fingerprint density at radius 3 is 2.21 bits per heavy atom. The maximum absolute atomic E-state index is 13.1. The first kappa shape index (κ1) is 22.3. The number of aromatic nitrogens is 2. The van der Waals surface area contributed by atoms with Gasteiger partial charge in [-0.2, -0.15) is 0 Å². The molecule has 1 N–H and O–H groups in total. The van der Waals surface area contributed by atoms with Gasteiger partial charge in [0, 0.05) is 13.6 Å². The van der Waals surface area contributed by atoms with E-state index in [1.807, 2.05) is 96.4 Å². The summed E-state index contributed by atoms with van der Waals surface area (Å²) in [6, 6.07) is 26.9. The minimum Gasteiger partial charge on any atom is -0.346 e. The Morgan fingerprint density at radius 1 is 0.909 bits per heavy atom. The molecule has 0 radical (unpaired) electrons. The van der Waals surface area contributed by atoms with Crippen molar-refractivity contribution in [3.05, 3.63) is 102 Å². The van der Waals surface area contributed by atoms with Crippen molar-refractivity contribution in [1.82, 2.24) is 19.8 Å². The fraction of sp³-hybridized carbons (Fsp3) is 0.222. The van der Waals surface area contributed by atoms with Crippen LogP contribution in [0.1, 0.15) is 29.9 Å². The second-order valence-electron chi connectivity index (χ2n) is 8.23. The van der Waals surface area contributed by atoms with E-state index in [4.69, 9.17) is 4.98 Å². The van der Waals surface area contributed by atoms with E-state index in [1.54, 1.807) is 11.9 Å². The number of benzene rings is 3. The van der Waals surface area contributed by atoms with Gasteiger partial charge in [-0.15, -0.1) is 0 Å². The molecule has 1 unspecified atom stereocenters. The number of para-hydroxylation sites is 2. The number of carbonyl (C=O) groups excluding carboxylic acids is 2. The highest BCUT2D eigenvalue weighted by Gasteiger charge is 2.21. The second-order valence-corrected chi connectivity index (χ2v) is 8.23. The molecule has 0 aliphatic rings. The molecule has 4 aromatic rings. The van der Waals surface area contributed by atoms with Crippen LogP contribution in [0.5, 0.6) is 0 Å². The summed E-state index contributed by atoms with van der Waals surface area (Å²) >= 11 is 0. The van der Waals surface area contributed by atoms with Gasteiger partial charge in [-0.25, -0.2) is 4.98 Å². The van der Waals surface area contributed by atoms with Crippen molar-refractivity contribution < 1.29 is 9.59 Å². The lowest BCUT2D eigenvalue weighted by molar-refractivity contribution is -0.131. The first-order valence-corrected chi connectivity index (χ1v) is 11.1. The zero-order chi connectivity index (χ0) is 23.2. The molecule has 168 valence electrons. The van der Waals surface area contributed by atoms with Crippen molar-refractivity contribution in [3.8, 4) is 0 Å². The lowest BCUT2D eigenvalue weighted by Crippen LogP contribution is -2.33. The largest absolute Gasteiger partial charge is 0.346 e. The van der Waals surface area contributed by atoms with Gasteiger partial charge in [-0.3, -0.25) is 9.59 Å². The average Bonchev–Trinajstić information content (AvgIpc) is 3.19. The molecule has 0 saturated carbocycles. The van der Waals surface area contributed by atoms with Crippen molar-refractivity contribution in [2.24, 2.45) is 0 Å². The van der Waals surface area contributed by atoms with Gasteiger partial charge in [0.1, 0.15) is 12.4 Å². The Hall–Kier alpha value is -3.93. The average molecular weight is 441 g/mol. The highest BCUT2D eigenvalue weighted by atomic mass is 16.2. The summed E-state index contributed by atoms with van der Waals surface area (Å²) in [5.74, 6) is 0.560. The molecule has 2 amide bonds. The third-order valence-electron chi connectivity index (χ3n) is 5.64. The maximum Gasteiger partial charge on any atom is 0.242 e. The van der Waals surface area contributed by atoms with Gasteiger partial charge >= 0.3 is 0 Å². The number of amides is 2. The summed E-state index contributed by atoms with van der Waals surface area (Å²) in [5, 5.41) is 3.04. The number of imidazole rings is 1. The van der Waals surface area contributed by atoms with Gasteiger partial charge in [0.15, 0.2) is 0 Å². The number of nitrogens with one attached hydrogen (secondary N) is 1. The predicted molar refractivity (Wildman–Crippen MR) is 129 cm³/mol. The number of nitrogens with zero attached hydrogens (tertiary/aromatic N) is 3. The number of rotatable bonds is 8. The van der Waals surface area contributed by atoms with Gasteiger partial charge in [0.05, 0.1) is 23.5 Å². The second kappa shape index (κ2) is 10.1. The molecule has 4 rings (SSSR count). The van der Waals surface area contributed by atoms with Gasteiger partial charge in [0.25, 0.3) is 0 Å². The molecule has 0 saturated heterocycles. The van der Waals surface area contributed by atoms with Crippen LogP contribution in [0.3, 0.4) is 0 Å². The molecule has 6 heteroatoms. The smallest absolute Gasteiger partial charge is 0.242 e. The van der Waals surface area contributed by atoms with Crippen LogP contribution in [-0.2, 0) is 29.1 Å². The van der Waals surface area contributed by atoms with Gasteiger partial charge in [-0.1, -0.05) is 72.8 Å². The first-order chi connectivity index (χ1) is 16.0. The molecule has 1 atom stereocenters. The summed E-state index contributed by atoms with van der Waals surface area (Å²) in [5.41, 5.74) is 3.70. The highest BCUT2D eigenvalue weighted by molar-refractivity contribution is 5.82. The summed E-state index contributed by atoms with van der Waals surface area (Å²) in [6.07, 6.45) is 0.296. The fourth-order valence-corrected chi connectivity index (χ4v) is 3.93.